The predicted octanol–water partition coefficient (Wildman–Crippen LogP) is 10.7. The second-order valence-electron chi connectivity index (χ2n) is 10.8. The maximum Gasteiger partial charge on any atom is 0.136 e. The van der Waals surface area contributed by atoms with E-state index >= 15 is 0 Å². The highest BCUT2D eigenvalue weighted by atomic mass is 16.5. The lowest BCUT2D eigenvalue weighted by Crippen LogP contribution is -1.98. The van der Waals surface area contributed by atoms with Crippen LogP contribution in [-0.4, -0.2) is 0 Å². The van der Waals surface area contributed by atoms with Crippen LogP contribution < -0.4 is 4.74 Å². The van der Waals surface area contributed by atoms with Gasteiger partial charge in [-0.05, 0) is 84.4 Å². The van der Waals surface area contributed by atoms with E-state index in [1.54, 1.807) is 0 Å². The highest BCUT2D eigenvalue weighted by Crippen LogP contribution is 2.48. The van der Waals surface area contributed by atoms with Crippen LogP contribution in [0.5, 0.6) is 11.5 Å². The quantitative estimate of drug-likeness (QED) is 0.213. The summed E-state index contributed by atoms with van der Waals surface area (Å²) in [6, 6.07) is 47.5. The van der Waals surface area contributed by atoms with E-state index in [9.17, 15) is 5.26 Å². The lowest BCUT2D eigenvalue weighted by molar-refractivity contribution is 0.487. The van der Waals surface area contributed by atoms with Gasteiger partial charge in [-0.15, -0.1) is 0 Å². The third-order valence-electron chi connectivity index (χ3n) is 8.67. The molecule has 1 aliphatic rings. The second kappa shape index (κ2) is 8.18. The van der Waals surface area contributed by atoms with Crippen molar-refractivity contribution in [3.05, 3.63) is 133 Å². The molecule has 8 aromatic rings. The Morgan fingerprint density at radius 1 is 0.439 bits per heavy atom. The van der Waals surface area contributed by atoms with Crippen molar-refractivity contribution in [1.82, 2.24) is 0 Å². The molecule has 2 heteroatoms. The van der Waals surface area contributed by atoms with Crippen molar-refractivity contribution in [2.75, 3.05) is 0 Å². The molecule has 188 valence electrons. The molecule has 0 aliphatic carbocycles. The fraction of sp³-hybridized carbons (Fsp3) is 0. The lowest BCUT2D eigenvalue weighted by Gasteiger charge is -2.22. The van der Waals surface area contributed by atoms with Gasteiger partial charge in [-0.3, -0.25) is 0 Å². The molecular weight excluding hydrogens is 498 g/mol. The van der Waals surface area contributed by atoms with E-state index in [0.717, 1.165) is 44.5 Å². The van der Waals surface area contributed by atoms with Crippen LogP contribution in [0.3, 0.4) is 0 Å². The van der Waals surface area contributed by atoms with Gasteiger partial charge in [0, 0.05) is 16.3 Å². The molecule has 0 saturated carbocycles. The number of benzene rings is 8. The molecule has 9 rings (SSSR count). The van der Waals surface area contributed by atoms with E-state index in [4.69, 9.17) is 4.74 Å². The molecule has 41 heavy (non-hydrogen) atoms. The van der Waals surface area contributed by atoms with E-state index in [1.165, 1.54) is 43.4 Å². The molecule has 0 saturated heterocycles. The van der Waals surface area contributed by atoms with Gasteiger partial charge in [-0.25, -0.2) is 0 Å². The number of nitriles is 1. The van der Waals surface area contributed by atoms with Crippen molar-refractivity contribution in [2.24, 2.45) is 0 Å². The Labute approximate surface area is 236 Å². The minimum Gasteiger partial charge on any atom is -0.456 e. The van der Waals surface area contributed by atoms with Crippen molar-refractivity contribution < 1.29 is 4.74 Å². The number of rotatable bonds is 2. The predicted molar refractivity (Wildman–Crippen MR) is 169 cm³/mol. The molecule has 0 amide bonds. The summed E-state index contributed by atoms with van der Waals surface area (Å²) in [6.45, 7) is 0. The number of hydrogen-bond donors (Lipinski definition) is 0. The summed E-state index contributed by atoms with van der Waals surface area (Å²) in [5.41, 5.74) is 7.52. The SMILES string of the molecule is N#Cc1ccc2c3c(cccc13)-c1ccc(-c3ccc(-c4ccc5ccc6cccc7ccc4c5c67)cc3)cc1O2. The van der Waals surface area contributed by atoms with E-state index in [1.807, 2.05) is 24.3 Å². The van der Waals surface area contributed by atoms with E-state index in [2.05, 4.69) is 109 Å². The third kappa shape index (κ3) is 3.12. The molecule has 1 aliphatic heterocycles. The fourth-order valence-electron chi connectivity index (χ4n) is 6.74. The van der Waals surface area contributed by atoms with E-state index < -0.39 is 0 Å². The van der Waals surface area contributed by atoms with Crippen molar-refractivity contribution in [3.8, 4) is 50.9 Å². The number of nitrogens with zero attached hydrogens (tertiary/aromatic N) is 1. The van der Waals surface area contributed by atoms with Crippen LogP contribution in [0.4, 0.5) is 0 Å². The van der Waals surface area contributed by atoms with Crippen LogP contribution >= 0.6 is 0 Å². The standard InChI is InChI=1S/C39H21NO/c40-22-29-16-20-35-39-31(29)5-2-6-33(39)32-18-15-28(21-36(32)41-35)23-7-9-24(10-8-23)30-17-13-27-12-11-25-3-1-4-26-14-19-34(30)38(27)37(25)26/h1-21H. The number of ether oxygens (including phenoxy) is 1. The van der Waals surface area contributed by atoms with Crippen molar-refractivity contribution >= 4 is 43.1 Å². The maximum absolute atomic E-state index is 9.58. The summed E-state index contributed by atoms with van der Waals surface area (Å²) >= 11 is 0. The molecule has 0 spiro atoms. The van der Waals surface area contributed by atoms with Crippen LogP contribution in [0.15, 0.2) is 127 Å². The Morgan fingerprint density at radius 3 is 1.95 bits per heavy atom. The largest absolute Gasteiger partial charge is 0.456 e. The molecule has 0 N–H and O–H groups in total. The van der Waals surface area contributed by atoms with Gasteiger partial charge in [0.2, 0.25) is 0 Å². The van der Waals surface area contributed by atoms with Gasteiger partial charge in [-0.1, -0.05) is 103 Å². The van der Waals surface area contributed by atoms with E-state index in [-0.39, 0.29) is 0 Å². The minimum atomic E-state index is 0.666. The summed E-state index contributed by atoms with van der Waals surface area (Å²) in [7, 11) is 0. The first-order valence-corrected chi connectivity index (χ1v) is 13.8. The van der Waals surface area contributed by atoms with Crippen molar-refractivity contribution in [2.45, 2.75) is 0 Å². The zero-order valence-electron chi connectivity index (χ0n) is 22.0. The first-order valence-electron chi connectivity index (χ1n) is 13.8. The van der Waals surface area contributed by atoms with E-state index in [0.29, 0.717) is 5.56 Å². The summed E-state index contributed by atoms with van der Waals surface area (Å²) < 4.78 is 6.40. The molecule has 0 atom stereocenters. The van der Waals surface area contributed by atoms with Gasteiger partial charge in [-0.2, -0.15) is 5.26 Å². The Morgan fingerprint density at radius 2 is 1.12 bits per heavy atom. The molecule has 8 aromatic carbocycles. The topological polar surface area (TPSA) is 33.0 Å². The number of fused-ring (bicyclic) bond motifs is 2. The van der Waals surface area contributed by atoms with Gasteiger partial charge in [0.15, 0.2) is 0 Å². The van der Waals surface area contributed by atoms with Gasteiger partial charge >= 0.3 is 0 Å². The molecule has 1 heterocycles. The van der Waals surface area contributed by atoms with Gasteiger partial charge in [0.25, 0.3) is 0 Å². The molecular formula is C39H21NO. The van der Waals surface area contributed by atoms with Gasteiger partial charge < -0.3 is 4.74 Å². The maximum atomic E-state index is 9.58. The average Bonchev–Trinajstić information content (AvgIpc) is 3.04. The highest BCUT2D eigenvalue weighted by molar-refractivity contribution is 6.25. The average molecular weight is 520 g/mol. The Kier molecular flexibility index (Phi) is 4.43. The number of hydrogen-bond acceptors (Lipinski definition) is 2. The van der Waals surface area contributed by atoms with Crippen LogP contribution in [0.1, 0.15) is 5.56 Å². The Balaban J connectivity index is 1.13. The zero-order valence-corrected chi connectivity index (χ0v) is 22.0. The highest BCUT2D eigenvalue weighted by Gasteiger charge is 2.22. The van der Waals surface area contributed by atoms with Crippen molar-refractivity contribution in [3.63, 3.8) is 0 Å². The lowest BCUT2D eigenvalue weighted by atomic mass is 9.89. The molecule has 2 nitrogen and oxygen atoms in total. The van der Waals surface area contributed by atoms with Crippen molar-refractivity contribution in [1.29, 1.82) is 5.26 Å². The smallest absolute Gasteiger partial charge is 0.136 e. The molecule has 0 radical (unpaired) electrons. The van der Waals surface area contributed by atoms with Crippen LogP contribution in [-0.2, 0) is 0 Å². The summed E-state index contributed by atoms with van der Waals surface area (Å²) in [5, 5.41) is 19.3. The van der Waals surface area contributed by atoms with Gasteiger partial charge in [0.05, 0.1) is 11.6 Å². The molecule has 0 bridgehead atoms. The van der Waals surface area contributed by atoms with Crippen LogP contribution in [0, 0.1) is 11.3 Å². The summed E-state index contributed by atoms with van der Waals surface area (Å²) in [5.74, 6) is 1.63. The first kappa shape index (κ1) is 22.2. The summed E-state index contributed by atoms with van der Waals surface area (Å²) in [6.07, 6.45) is 0. The normalized spacial score (nSPS) is 12.1. The zero-order chi connectivity index (χ0) is 27.1. The Bertz CT molecular complexity index is 2380. The van der Waals surface area contributed by atoms with Crippen LogP contribution in [0.25, 0.3) is 76.5 Å². The van der Waals surface area contributed by atoms with Crippen LogP contribution in [0.2, 0.25) is 0 Å². The fourth-order valence-corrected chi connectivity index (χ4v) is 6.74. The second-order valence-corrected chi connectivity index (χ2v) is 10.8. The minimum absolute atomic E-state index is 0.666. The summed E-state index contributed by atoms with van der Waals surface area (Å²) in [4.78, 5) is 0. The Hall–Kier alpha value is -5.65. The van der Waals surface area contributed by atoms with Gasteiger partial charge in [0.1, 0.15) is 11.5 Å². The molecule has 0 unspecified atom stereocenters. The molecule has 0 aromatic heterocycles. The first-order chi connectivity index (χ1) is 20.3. The molecule has 0 fully saturated rings. The third-order valence-corrected chi connectivity index (χ3v) is 8.67. The monoisotopic (exact) mass is 519 g/mol.